The molecule has 0 unspecified atom stereocenters. The standard InChI is InChI=1S/C26H31N3O2/c1-4-24(31)29-22-12-8-7-10-20(22)27-21-11-9-13-23(30)25(21)26(29)18-14-16-19(17-15-18)28(5-2)6-3/h7-8,10,12,14-17,26-27H,4-6,9,11,13H2,1-3H3/t26-/m0/s1. The molecule has 1 aliphatic carbocycles. The Balaban J connectivity index is 1.90. The lowest BCUT2D eigenvalue weighted by atomic mass is 9.85. The minimum absolute atomic E-state index is 0.0131. The summed E-state index contributed by atoms with van der Waals surface area (Å²) in [4.78, 5) is 30.6. The maximum Gasteiger partial charge on any atom is 0.227 e. The minimum atomic E-state index is -0.419. The first kappa shape index (κ1) is 21.2. The normalized spacial score (nSPS) is 18.1. The van der Waals surface area contributed by atoms with Crippen molar-refractivity contribution >= 4 is 28.8 Å². The van der Waals surface area contributed by atoms with Gasteiger partial charge in [-0.15, -0.1) is 0 Å². The van der Waals surface area contributed by atoms with Crippen LogP contribution in [0.3, 0.4) is 0 Å². The molecule has 1 aliphatic heterocycles. The monoisotopic (exact) mass is 417 g/mol. The van der Waals surface area contributed by atoms with E-state index in [0.717, 1.165) is 59.8 Å². The molecule has 1 N–H and O–H groups in total. The van der Waals surface area contributed by atoms with Crippen molar-refractivity contribution in [3.63, 3.8) is 0 Å². The van der Waals surface area contributed by atoms with Gasteiger partial charge < -0.3 is 10.2 Å². The van der Waals surface area contributed by atoms with Gasteiger partial charge in [-0.2, -0.15) is 0 Å². The predicted octanol–water partition coefficient (Wildman–Crippen LogP) is 5.45. The first-order valence-electron chi connectivity index (χ1n) is 11.4. The number of anilines is 3. The third-order valence-corrected chi connectivity index (χ3v) is 6.35. The molecule has 2 aromatic rings. The molecule has 1 atom stereocenters. The van der Waals surface area contributed by atoms with Gasteiger partial charge in [-0.3, -0.25) is 14.5 Å². The van der Waals surface area contributed by atoms with Gasteiger partial charge in [0.05, 0.1) is 17.4 Å². The van der Waals surface area contributed by atoms with E-state index >= 15 is 0 Å². The van der Waals surface area contributed by atoms with Gasteiger partial charge in [0, 0.05) is 42.9 Å². The van der Waals surface area contributed by atoms with Gasteiger partial charge >= 0.3 is 0 Å². The number of allylic oxidation sites excluding steroid dienone is 1. The first-order valence-corrected chi connectivity index (χ1v) is 11.4. The molecule has 0 saturated heterocycles. The SMILES string of the molecule is CCC(=O)N1c2ccccc2NC2=C(C(=O)CCC2)[C@@H]1c1ccc(N(CC)CC)cc1. The molecule has 1 heterocycles. The summed E-state index contributed by atoms with van der Waals surface area (Å²) in [6.07, 6.45) is 2.55. The van der Waals surface area contributed by atoms with Gasteiger partial charge in [0.1, 0.15) is 0 Å². The Kier molecular flexibility index (Phi) is 6.12. The van der Waals surface area contributed by atoms with Gasteiger partial charge in [0.2, 0.25) is 5.91 Å². The molecular formula is C26H31N3O2. The summed E-state index contributed by atoms with van der Waals surface area (Å²) < 4.78 is 0. The molecule has 0 aromatic heterocycles. The molecule has 2 aliphatic rings. The average Bonchev–Trinajstić information content (AvgIpc) is 2.95. The number of para-hydroxylation sites is 2. The minimum Gasteiger partial charge on any atom is -0.372 e. The van der Waals surface area contributed by atoms with Crippen LogP contribution in [0.4, 0.5) is 17.1 Å². The molecule has 0 saturated carbocycles. The summed E-state index contributed by atoms with van der Waals surface area (Å²) in [5, 5.41) is 3.51. The van der Waals surface area contributed by atoms with Crippen LogP contribution in [0.5, 0.6) is 0 Å². The van der Waals surface area contributed by atoms with E-state index in [1.165, 1.54) is 0 Å². The second-order valence-corrected chi connectivity index (χ2v) is 8.09. The largest absolute Gasteiger partial charge is 0.372 e. The Hall–Kier alpha value is -3.08. The van der Waals surface area contributed by atoms with Crippen molar-refractivity contribution in [3.05, 3.63) is 65.4 Å². The van der Waals surface area contributed by atoms with E-state index in [1.807, 2.05) is 36.1 Å². The number of carbonyl (C=O) groups is 2. The van der Waals surface area contributed by atoms with Crippen LogP contribution < -0.4 is 15.1 Å². The second-order valence-electron chi connectivity index (χ2n) is 8.09. The number of hydrogen-bond donors (Lipinski definition) is 1. The number of nitrogens with zero attached hydrogens (tertiary/aromatic N) is 2. The topological polar surface area (TPSA) is 52.7 Å². The smallest absolute Gasteiger partial charge is 0.227 e. The molecule has 1 amide bonds. The molecular weight excluding hydrogens is 386 g/mol. The Bertz CT molecular complexity index is 1010. The molecule has 0 spiro atoms. The highest BCUT2D eigenvalue weighted by atomic mass is 16.2. The molecule has 4 rings (SSSR count). The van der Waals surface area contributed by atoms with E-state index < -0.39 is 6.04 Å². The third-order valence-electron chi connectivity index (χ3n) is 6.35. The highest BCUT2D eigenvalue weighted by Crippen LogP contribution is 2.45. The zero-order chi connectivity index (χ0) is 22.0. The lowest BCUT2D eigenvalue weighted by Crippen LogP contribution is -2.37. The summed E-state index contributed by atoms with van der Waals surface area (Å²) in [5.41, 5.74) is 5.52. The van der Waals surface area contributed by atoms with Crippen molar-refractivity contribution in [1.29, 1.82) is 0 Å². The lowest BCUT2D eigenvalue weighted by Gasteiger charge is -2.34. The molecule has 2 aromatic carbocycles. The van der Waals surface area contributed by atoms with Crippen molar-refractivity contribution in [2.24, 2.45) is 0 Å². The van der Waals surface area contributed by atoms with Crippen LogP contribution in [-0.4, -0.2) is 24.8 Å². The third kappa shape index (κ3) is 3.85. The summed E-state index contributed by atoms with van der Waals surface area (Å²) in [7, 11) is 0. The van der Waals surface area contributed by atoms with Crippen LogP contribution in [-0.2, 0) is 9.59 Å². The Labute approximate surface area is 184 Å². The lowest BCUT2D eigenvalue weighted by molar-refractivity contribution is -0.118. The molecule has 162 valence electrons. The van der Waals surface area contributed by atoms with E-state index in [1.54, 1.807) is 0 Å². The maximum absolute atomic E-state index is 13.3. The van der Waals surface area contributed by atoms with Crippen LogP contribution in [0, 0.1) is 0 Å². The number of benzene rings is 2. The van der Waals surface area contributed by atoms with Crippen LogP contribution in [0.1, 0.15) is 58.1 Å². The Morgan fingerprint density at radius 2 is 1.74 bits per heavy atom. The molecule has 5 heteroatoms. The fourth-order valence-corrected chi connectivity index (χ4v) is 4.75. The summed E-state index contributed by atoms with van der Waals surface area (Å²) in [6, 6.07) is 15.8. The van der Waals surface area contributed by atoms with E-state index in [-0.39, 0.29) is 11.7 Å². The highest BCUT2D eigenvalue weighted by molar-refractivity contribution is 6.06. The number of carbonyl (C=O) groups excluding carboxylic acids is 2. The predicted molar refractivity (Wildman–Crippen MR) is 126 cm³/mol. The molecule has 0 fully saturated rings. The maximum atomic E-state index is 13.3. The van der Waals surface area contributed by atoms with E-state index in [2.05, 4.69) is 48.3 Å². The van der Waals surface area contributed by atoms with Gasteiger partial charge in [0.25, 0.3) is 0 Å². The number of hydrogen-bond acceptors (Lipinski definition) is 4. The zero-order valence-electron chi connectivity index (χ0n) is 18.6. The molecule has 5 nitrogen and oxygen atoms in total. The first-order chi connectivity index (χ1) is 15.1. The van der Waals surface area contributed by atoms with Crippen LogP contribution >= 0.6 is 0 Å². The fourth-order valence-electron chi connectivity index (χ4n) is 4.75. The van der Waals surface area contributed by atoms with Crippen molar-refractivity contribution in [1.82, 2.24) is 0 Å². The van der Waals surface area contributed by atoms with Gasteiger partial charge in [-0.25, -0.2) is 0 Å². The van der Waals surface area contributed by atoms with Crippen molar-refractivity contribution in [2.45, 2.75) is 52.5 Å². The molecule has 0 bridgehead atoms. The Morgan fingerprint density at radius 3 is 2.42 bits per heavy atom. The number of nitrogens with one attached hydrogen (secondary N) is 1. The van der Waals surface area contributed by atoms with Gasteiger partial charge in [-0.05, 0) is 56.5 Å². The second kappa shape index (κ2) is 8.96. The summed E-state index contributed by atoms with van der Waals surface area (Å²) >= 11 is 0. The van der Waals surface area contributed by atoms with E-state index in [9.17, 15) is 9.59 Å². The molecule has 31 heavy (non-hydrogen) atoms. The fraction of sp³-hybridized carbons (Fsp3) is 0.385. The average molecular weight is 418 g/mol. The molecule has 0 radical (unpaired) electrons. The van der Waals surface area contributed by atoms with Crippen LogP contribution in [0.25, 0.3) is 0 Å². The number of ketones is 1. The van der Waals surface area contributed by atoms with Crippen LogP contribution in [0.15, 0.2) is 59.8 Å². The number of rotatable bonds is 5. The van der Waals surface area contributed by atoms with Crippen LogP contribution in [0.2, 0.25) is 0 Å². The van der Waals surface area contributed by atoms with Crippen molar-refractivity contribution in [2.75, 3.05) is 28.2 Å². The number of Topliss-reactive ketones (excluding diaryl/α,β-unsaturated/α-hetero) is 1. The summed E-state index contributed by atoms with van der Waals surface area (Å²) in [5.74, 6) is 0.146. The zero-order valence-corrected chi connectivity index (χ0v) is 18.6. The number of fused-ring (bicyclic) bond motifs is 1. The van der Waals surface area contributed by atoms with Gasteiger partial charge in [-0.1, -0.05) is 31.2 Å². The van der Waals surface area contributed by atoms with Crippen molar-refractivity contribution in [3.8, 4) is 0 Å². The highest BCUT2D eigenvalue weighted by Gasteiger charge is 2.38. The quantitative estimate of drug-likeness (QED) is 0.703. The van der Waals surface area contributed by atoms with E-state index in [0.29, 0.717) is 12.8 Å². The number of amides is 1. The summed E-state index contributed by atoms with van der Waals surface area (Å²) in [6.45, 7) is 8.03. The van der Waals surface area contributed by atoms with Crippen molar-refractivity contribution < 1.29 is 9.59 Å². The van der Waals surface area contributed by atoms with E-state index in [4.69, 9.17) is 0 Å². The Morgan fingerprint density at radius 1 is 1.03 bits per heavy atom. The van der Waals surface area contributed by atoms with Gasteiger partial charge in [0.15, 0.2) is 5.78 Å².